The highest BCUT2D eigenvalue weighted by atomic mass is 16.5. The van der Waals surface area contributed by atoms with Crippen molar-refractivity contribution in [2.24, 2.45) is 0 Å². The van der Waals surface area contributed by atoms with E-state index in [0.717, 1.165) is 5.56 Å². The van der Waals surface area contributed by atoms with Gasteiger partial charge in [0.15, 0.2) is 5.78 Å². The second-order valence-corrected chi connectivity index (χ2v) is 3.29. The Morgan fingerprint density at radius 2 is 1.93 bits per heavy atom. The monoisotopic (exact) mass is 208 g/mol. The van der Waals surface area contributed by atoms with Gasteiger partial charge in [-0.1, -0.05) is 0 Å². The van der Waals surface area contributed by atoms with Gasteiger partial charge >= 0.3 is 0 Å². The molecule has 0 aliphatic rings. The van der Waals surface area contributed by atoms with Gasteiger partial charge in [0, 0.05) is 11.1 Å². The van der Waals surface area contributed by atoms with Gasteiger partial charge in [-0.3, -0.25) is 4.79 Å². The molecule has 3 heteroatoms. The molecule has 3 nitrogen and oxygen atoms in total. The molecule has 0 aliphatic heterocycles. The maximum Gasteiger partial charge on any atom is 0.160 e. The maximum atomic E-state index is 11.3. The van der Waals surface area contributed by atoms with E-state index in [2.05, 4.69) is 0 Å². The fourth-order valence-electron chi connectivity index (χ4n) is 1.38. The Morgan fingerprint density at radius 1 is 1.33 bits per heavy atom. The van der Waals surface area contributed by atoms with E-state index >= 15 is 0 Å². The molecule has 0 fully saturated rings. The summed E-state index contributed by atoms with van der Waals surface area (Å²) >= 11 is 0. The SMILES string of the molecule is CCOc1cc(C(C)=O)cc(OC)c1C. The van der Waals surface area contributed by atoms with E-state index in [4.69, 9.17) is 9.47 Å². The van der Waals surface area contributed by atoms with Crippen LogP contribution in [0.25, 0.3) is 0 Å². The first-order chi connectivity index (χ1) is 7.10. The number of ether oxygens (including phenoxy) is 2. The summed E-state index contributed by atoms with van der Waals surface area (Å²) in [4.78, 5) is 11.3. The minimum absolute atomic E-state index is 0.00857. The second-order valence-electron chi connectivity index (χ2n) is 3.29. The zero-order valence-corrected chi connectivity index (χ0v) is 9.59. The number of methoxy groups -OCH3 is 1. The van der Waals surface area contributed by atoms with E-state index in [1.807, 2.05) is 13.8 Å². The molecular weight excluding hydrogens is 192 g/mol. The van der Waals surface area contributed by atoms with E-state index in [0.29, 0.717) is 23.7 Å². The van der Waals surface area contributed by atoms with Crippen LogP contribution in [0.3, 0.4) is 0 Å². The van der Waals surface area contributed by atoms with E-state index in [-0.39, 0.29) is 5.78 Å². The van der Waals surface area contributed by atoms with Crippen LogP contribution in [-0.4, -0.2) is 19.5 Å². The standard InChI is InChI=1S/C12H16O3/c1-5-15-12-7-10(9(3)13)6-11(14-4)8(12)2/h6-7H,5H2,1-4H3. The first-order valence-corrected chi connectivity index (χ1v) is 4.92. The average Bonchev–Trinajstić information content (AvgIpc) is 2.21. The molecule has 0 spiro atoms. The van der Waals surface area contributed by atoms with E-state index < -0.39 is 0 Å². The van der Waals surface area contributed by atoms with E-state index in [9.17, 15) is 4.79 Å². The molecule has 0 heterocycles. The van der Waals surface area contributed by atoms with Crippen molar-refractivity contribution in [3.63, 3.8) is 0 Å². The van der Waals surface area contributed by atoms with Crippen molar-refractivity contribution in [3.8, 4) is 11.5 Å². The largest absolute Gasteiger partial charge is 0.496 e. The van der Waals surface area contributed by atoms with Crippen molar-refractivity contribution in [3.05, 3.63) is 23.3 Å². The Bertz CT molecular complexity index is 369. The summed E-state index contributed by atoms with van der Waals surface area (Å²) < 4.78 is 10.6. The number of hydrogen-bond acceptors (Lipinski definition) is 3. The Kier molecular flexibility index (Phi) is 3.72. The highest BCUT2D eigenvalue weighted by molar-refractivity contribution is 5.95. The smallest absolute Gasteiger partial charge is 0.160 e. The molecular formula is C12H16O3. The molecule has 1 aromatic carbocycles. The summed E-state index contributed by atoms with van der Waals surface area (Å²) in [5, 5.41) is 0. The summed E-state index contributed by atoms with van der Waals surface area (Å²) in [5.41, 5.74) is 1.53. The maximum absolute atomic E-state index is 11.3. The predicted octanol–water partition coefficient (Wildman–Crippen LogP) is 2.60. The van der Waals surface area contributed by atoms with Gasteiger partial charge in [-0.25, -0.2) is 0 Å². The topological polar surface area (TPSA) is 35.5 Å². The van der Waals surface area contributed by atoms with Gasteiger partial charge in [0.2, 0.25) is 0 Å². The van der Waals surface area contributed by atoms with Gasteiger partial charge in [0.1, 0.15) is 11.5 Å². The van der Waals surface area contributed by atoms with Crippen LogP contribution in [0.4, 0.5) is 0 Å². The van der Waals surface area contributed by atoms with Gasteiger partial charge in [-0.2, -0.15) is 0 Å². The number of rotatable bonds is 4. The Hall–Kier alpha value is -1.51. The van der Waals surface area contributed by atoms with E-state index in [1.165, 1.54) is 6.92 Å². The van der Waals surface area contributed by atoms with Crippen LogP contribution < -0.4 is 9.47 Å². The molecule has 0 aliphatic carbocycles. The fraction of sp³-hybridized carbons (Fsp3) is 0.417. The molecule has 0 saturated carbocycles. The van der Waals surface area contributed by atoms with Crippen LogP contribution in [0.2, 0.25) is 0 Å². The van der Waals surface area contributed by atoms with Gasteiger partial charge in [0.05, 0.1) is 13.7 Å². The number of Topliss-reactive ketones (excluding diaryl/α,β-unsaturated/α-hetero) is 1. The fourth-order valence-corrected chi connectivity index (χ4v) is 1.38. The van der Waals surface area contributed by atoms with Crippen LogP contribution in [0.15, 0.2) is 12.1 Å². The molecule has 0 aromatic heterocycles. The molecule has 0 radical (unpaired) electrons. The van der Waals surface area contributed by atoms with Gasteiger partial charge < -0.3 is 9.47 Å². The molecule has 1 aromatic rings. The summed E-state index contributed by atoms with van der Waals surface area (Å²) in [6.45, 7) is 5.92. The van der Waals surface area contributed by atoms with Crippen molar-refractivity contribution in [1.29, 1.82) is 0 Å². The van der Waals surface area contributed by atoms with Crippen molar-refractivity contribution in [1.82, 2.24) is 0 Å². The molecule has 1 rings (SSSR count). The molecule has 15 heavy (non-hydrogen) atoms. The van der Waals surface area contributed by atoms with Gasteiger partial charge in [0.25, 0.3) is 0 Å². The molecule has 0 N–H and O–H groups in total. The zero-order valence-electron chi connectivity index (χ0n) is 9.59. The molecule has 0 unspecified atom stereocenters. The third kappa shape index (κ3) is 2.49. The molecule has 0 atom stereocenters. The zero-order chi connectivity index (χ0) is 11.4. The first kappa shape index (κ1) is 11.6. The minimum atomic E-state index is 0.00857. The summed E-state index contributed by atoms with van der Waals surface area (Å²) in [6, 6.07) is 3.49. The summed E-state index contributed by atoms with van der Waals surface area (Å²) in [6.07, 6.45) is 0. The molecule has 82 valence electrons. The molecule has 0 bridgehead atoms. The summed E-state index contributed by atoms with van der Waals surface area (Å²) in [7, 11) is 1.59. The van der Waals surface area contributed by atoms with Crippen LogP contribution in [0.1, 0.15) is 29.8 Å². The van der Waals surface area contributed by atoms with E-state index in [1.54, 1.807) is 19.2 Å². The molecule has 0 saturated heterocycles. The highest BCUT2D eigenvalue weighted by Gasteiger charge is 2.10. The lowest BCUT2D eigenvalue weighted by Crippen LogP contribution is -2.00. The predicted molar refractivity (Wildman–Crippen MR) is 58.9 cm³/mol. The Balaban J connectivity index is 3.25. The van der Waals surface area contributed by atoms with Crippen molar-refractivity contribution >= 4 is 5.78 Å². The lowest BCUT2D eigenvalue weighted by Gasteiger charge is -2.12. The van der Waals surface area contributed by atoms with Crippen LogP contribution in [0.5, 0.6) is 11.5 Å². The van der Waals surface area contributed by atoms with Gasteiger partial charge in [-0.05, 0) is 32.9 Å². The van der Waals surface area contributed by atoms with Crippen LogP contribution in [-0.2, 0) is 0 Å². The highest BCUT2D eigenvalue weighted by Crippen LogP contribution is 2.29. The van der Waals surface area contributed by atoms with Crippen LogP contribution in [0, 0.1) is 6.92 Å². The minimum Gasteiger partial charge on any atom is -0.496 e. The number of hydrogen-bond donors (Lipinski definition) is 0. The number of benzene rings is 1. The third-order valence-electron chi connectivity index (χ3n) is 2.24. The lowest BCUT2D eigenvalue weighted by atomic mass is 10.1. The van der Waals surface area contributed by atoms with Gasteiger partial charge in [-0.15, -0.1) is 0 Å². The van der Waals surface area contributed by atoms with Crippen LogP contribution >= 0.6 is 0 Å². The Labute approximate surface area is 90.0 Å². The van der Waals surface area contributed by atoms with Crippen molar-refractivity contribution in [2.45, 2.75) is 20.8 Å². The first-order valence-electron chi connectivity index (χ1n) is 4.92. The third-order valence-corrected chi connectivity index (χ3v) is 2.24. The number of ketones is 1. The Morgan fingerprint density at radius 3 is 2.40 bits per heavy atom. The van der Waals surface area contributed by atoms with Crippen molar-refractivity contribution < 1.29 is 14.3 Å². The normalized spacial score (nSPS) is 9.87. The lowest BCUT2D eigenvalue weighted by molar-refractivity contribution is 0.101. The quantitative estimate of drug-likeness (QED) is 0.713. The van der Waals surface area contributed by atoms with Crippen molar-refractivity contribution in [2.75, 3.05) is 13.7 Å². The average molecular weight is 208 g/mol. The number of carbonyl (C=O) groups excluding carboxylic acids is 1. The summed E-state index contributed by atoms with van der Waals surface area (Å²) in [5.74, 6) is 1.41. The second kappa shape index (κ2) is 4.82. The molecule has 0 amide bonds. The number of carbonyl (C=O) groups is 1.